The Bertz CT molecular complexity index is 142. The van der Waals surface area contributed by atoms with Gasteiger partial charge in [0.05, 0.1) is 13.2 Å². The first kappa shape index (κ1) is 12.5. The fraction of sp³-hybridized carbons (Fsp3) is 1.00. The second kappa shape index (κ2) is 6.92. The Balaban J connectivity index is 3.90. The second-order valence-corrected chi connectivity index (χ2v) is 5.84. The first-order valence-electron chi connectivity index (χ1n) is 3.71. The van der Waals surface area contributed by atoms with Gasteiger partial charge in [-0.25, -0.2) is 4.57 Å². The van der Waals surface area contributed by atoms with Gasteiger partial charge in [-0.2, -0.15) is 0 Å². The molecule has 4 nitrogen and oxygen atoms in total. The smallest absolute Gasteiger partial charge is 0.373 e. The molecule has 0 saturated heterocycles. The fourth-order valence-electron chi connectivity index (χ4n) is 0.545. The van der Waals surface area contributed by atoms with Gasteiger partial charge < -0.3 is 13.8 Å². The van der Waals surface area contributed by atoms with Gasteiger partial charge in [0.1, 0.15) is 5.94 Å². The normalized spacial score (nSPS) is 11.9. The lowest BCUT2D eigenvalue weighted by atomic mass is 10.9. The van der Waals surface area contributed by atoms with Crippen molar-refractivity contribution in [1.29, 1.82) is 0 Å². The molecule has 0 rings (SSSR count). The highest BCUT2D eigenvalue weighted by Gasteiger charge is 2.23. The summed E-state index contributed by atoms with van der Waals surface area (Å²) < 4.78 is 26.3. The Morgan fingerprint density at radius 2 is 1.75 bits per heavy atom. The monoisotopic (exact) mass is 214 g/mol. The molecular formula is C6H15O4PS. The summed E-state index contributed by atoms with van der Waals surface area (Å²) in [6.45, 7) is 1.38. The number of methoxy groups -OCH3 is 1. The molecule has 0 radical (unpaired) electrons. The minimum absolute atomic E-state index is 0.317. The summed E-state index contributed by atoms with van der Waals surface area (Å²) in [5.74, 6) is 0.317. The van der Waals surface area contributed by atoms with E-state index in [-0.39, 0.29) is 0 Å². The molecule has 0 heterocycles. The van der Waals surface area contributed by atoms with Crippen LogP contribution in [0.25, 0.3) is 0 Å². The van der Waals surface area contributed by atoms with Crippen LogP contribution >= 0.6 is 18.2 Å². The Kier molecular flexibility index (Phi) is 7.19. The van der Waals surface area contributed by atoms with Gasteiger partial charge >= 0.3 is 6.80 Å². The van der Waals surface area contributed by atoms with Gasteiger partial charge in [-0.1, -0.05) is 0 Å². The van der Waals surface area contributed by atoms with E-state index in [1.54, 1.807) is 13.8 Å². The highest BCUT2D eigenvalue weighted by Crippen LogP contribution is 2.60. The number of rotatable bonds is 7. The molecule has 0 unspecified atom stereocenters. The minimum Gasteiger partial charge on any atom is -0.373 e. The summed E-state index contributed by atoms with van der Waals surface area (Å²) >= 11 is 1.06. The molecule has 0 spiro atoms. The third-order valence-electron chi connectivity index (χ3n) is 0.903. The molecule has 12 heavy (non-hydrogen) atoms. The summed E-state index contributed by atoms with van der Waals surface area (Å²) in [7, 11) is 1.54. The third-order valence-corrected chi connectivity index (χ3v) is 4.61. The SMILES string of the molecule is CCOP(=O)(OCC)SCOC. The van der Waals surface area contributed by atoms with Crippen LogP contribution in [0.3, 0.4) is 0 Å². The van der Waals surface area contributed by atoms with Crippen molar-refractivity contribution in [2.24, 2.45) is 0 Å². The van der Waals surface area contributed by atoms with Crippen LogP contribution in [0, 0.1) is 0 Å². The van der Waals surface area contributed by atoms with Crippen molar-refractivity contribution in [1.82, 2.24) is 0 Å². The molecule has 0 atom stereocenters. The van der Waals surface area contributed by atoms with Crippen LogP contribution in [0.4, 0.5) is 0 Å². The number of ether oxygens (including phenoxy) is 1. The van der Waals surface area contributed by atoms with E-state index < -0.39 is 6.80 Å². The molecule has 0 N–H and O–H groups in total. The van der Waals surface area contributed by atoms with E-state index in [0.717, 1.165) is 11.4 Å². The minimum atomic E-state index is -2.94. The van der Waals surface area contributed by atoms with Crippen LogP contribution in [0.15, 0.2) is 0 Å². The zero-order chi connectivity index (χ0) is 9.45. The summed E-state index contributed by atoms with van der Waals surface area (Å²) in [4.78, 5) is 0. The lowest BCUT2D eigenvalue weighted by Crippen LogP contribution is -1.93. The van der Waals surface area contributed by atoms with Gasteiger partial charge in [0.15, 0.2) is 0 Å². The van der Waals surface area contributed by atoms with Crippen molar-refractivity contribution in [3.8, 4) is 0 Å². The molecule has 0 fully saturated rings. The van der Waals surface area contributed by atoms with Crippen molar-refractivity contribution >= 4 is 18.2 Å². The number of hydrogen-bond acceptors (Lipinski definition) is 5. The predicted octanol–water partition coefficient (Wildman–Crippen LogP) is 2.50. The average Bonchev–Trinajstić information content (AvgIpc) is 2.02. The van der Waals surface area contributed by atoms with Crippen molar-refractivity contribution in [2.45, 2.75) is 13.8 Å². The van der Waals surface area contributed by atoms with Crippen LogP contribution in [-0.2, 0) is 18.3 Å². The van der Waals surface area contributed by atoms with Crippen LogP contribution in [0.2, 0.25) is 0 Å². The maximum atomic E-state index is 11.6. The zero-order valence-corrected chi connectivity index (χ0v) is 9.32. The van der Waals surface area contributed by atoms with Gasteiger partial charge in [-0.05, 0) is 25.2 Å². The van der Waals surface area contributed by atoms with E-state index in [1.807, 2.05) is 0 Å². The first-order chi connectivity index (χ1) is 5.68. The molecule has 0 aromatic rings. The zero-order valence-electron chi connectivity index (χ0n) is 7.61. The molecule has 6 heteroatoms. The van der Waals surface area contributed by atoms with E-state index in [9.17, 15) is 4.57 Å². The lowest BCUT2D eigenvalue weighted by molar-refractivity contribution is 0.233. The highest BCUT2D eigenvalue weighted by molar-refractivity contribution is 8.55. The van der Waals surface area contributed by atoms with Crippen molar-refractivity contribution in [3.05, 3.63) is 0 Å². The largest absolute Gasteiger partial charge is 0.391 e. The van der Waals surface area contributed by atoms with Crippen molar-refractivity contribution < 1.29 is 18.3 Å². The van der Waals surface area contributed by atoms with Crippen LogP contribution < -0.4 is 0 Å². The third kappa shape index (κ3) is 5.17. The number of hydrogen-bond donors (Lipinski definition) is 0. The Hall–Kier alpha value is 0.460. The molecule has 0 saturated carbocycles. The molecule has 0 aromatic heterocycles. The molecule has 0 aliphatic rings. The van der Waals surface area contributed by atoms with E-state index in [4.69, 9.17) is 13.8 Å². The Morgan fingerprint density at radius 1 is 1.25 bits per heavy atom. The second-order valence-electron chi connectivity index (χ2n) is 1.82. The topological polar surface area (TPSA) is 44.8 Å². The first-order valence-corrected chi connectivity index (χ1v) is 6.84. The predicted molar refractivity (Wildman–Crippen MR) is 50.3 cm³/mol. The van der Waals surface area contributed by atoms with Crippen molar-refractivity contribution in [2.75, 3.05) is 26.3 Å². The summed E-state index contributed by atoms with van der Waals surface area (Å²) in [5.41, 5.74) is 0. The van der Waals surface area contributed by atoms with Gasteiger partial charge in [0.25, 0.3) is 0 Å². The maximum absolute atomic E-state index is 11.6. The van der Waals surface area contributed by atoms with Gasteiger partial charge in [-0.3, -0.25) is 0 Å². The standard InChI is InChI=1S/C6H15O4PS/c1-4-9-11(7,10-5-2)12-6-8-3/h4-6H2,1-3H3. The maximum Gasteiger partial charge on any atom is 0.391 e. The van der Waals surface area contributed by atoms with Crippen LogP contribution in [0.1, 0.15) is 13.8 Å². The van der Waals surface area contributed by atoms with Gasteiger partial charge in [0.2, 0.25) is 0 Å². The van der Waals surface area contributed by atoms with Crippen molar-refractivity contribution in [3.63, 3.8) is 0 Å². The molecule has 0 aliphatic carbocycles. The lowest BCUT2D eigenvalue weighted by Gasteiger charge is -2.14. The summed E-state index contributed by atoms with van der Waals surface area (Å²) in [5, 5.41) is 0. The molecule has 0 aliphatic heterocycles. The highest BCUT2D eigenvalue weighted by atomic mass is 32.7. The summed E-state index contributed by atoms with van der Waals surface area (Å²) in [6.07, 6.45) is 0. The van der Waals surface area contributed by atoms with Crippen LogP contribution in [0.5, 0.6) is 0 Å². The van der Waals surface area contributed by atoms with Crippen LogP contribution in [-0.4, -0.2) is 26.3 Å². The Morgan fingerprint density at radius 3 is 2.08 bits per heavy atom. The van der Waals surface area contributed by atoms with E-state index in [0.29, 0.717) is 19.2 Å². The Labute approximate surface area is 77.2 Å². The molecule has 0 bridgehead atoms. The quantitative estimate of drug-likeness (QED) is 0.481. The fourth-order valence-corrected chi connectivity index (χ4v) is 3.42. The van der Waals surface area contributed by atoms with E-state index >= 15 is 0 Å². The molecule has 0 aromatic carbocycles. The summed E-state index contributed by atoms with van der Waals surface area (Å²) in [6, 6.07) is 0. The van der Waals surface area contributed by atoms with Gasteiger partial charge in [0, 0.05) is 7.11 Å². The van der Waals surface area contributed by atoms with E-state index in [1.165, 1.54) is 7.11 Å². The van der Waals surface area contributed by atoms with Gasteiger partial charge in [-0.15, -0.1) is 0 Å². The molecular weight excluding hydrogens is 199 g/mol. The van der Waals surface area contributed by atoms with E-state index in [2.05, 4.69) is 0 Å². The molecule has 74 valence electrons. The molecule has 0 amide bonds. The average molecular weight is 214 g/mol.